The number of piperidine rings is 1. The quantitative estimate of drug-likeness (QED) is 0.720. The molecule has 0 bridgehead atoms. The van der Waals surface area contributed by atoms with Gasteiger partial charge in [0.25, 0.3) is 11.9 Å². The van der Waals surface area contributed by atoms with E-state index in [0.29, 0.717) is 37.5 Å². The van der Waals surface area contributed by atoms with Crippen molar-refractivity contribution in [3.8, 4) is 0 Å². The summed E-state index contributed by atoms with van der Waals surface area (Å²) < 4.78 is 5.56. The minimum atomic E-state index is -0.833. The molecule has 10 nitrogen and oxygen atoms in total. The van der Waals surface area contributed by atoms with Gasteiger partial charge in [0.2, 0.25) is 0 Å². The van der Waals surface area contributed by atoms with Gasteiger partial charge in [0, 0.05) is 58.0 Å². The first-order valence-electron chi connectivity index (χ1n) is 10.7. The number of hydrogen-bond acceptors (Lipinski definition) is 8. The molecule has 2 aromatic rings. The van der Waals surface area contributed by atoms with E-state index in [4.69, 9.17) is 14.3 Å². The van der Waals surface area contributed by atoms with E-state index < -0.39 is 11.6 Å². The molecule has 4 rings (SSSR count). The first-order valence-corrected chi connectivity index (χ1v) is 10.7. The maximum absolute atomic E-state index is 13.0. The zero-order valence-electron chi connectivity index (χ0n) is 18.4. The van der Waals surface area contributed by atoms with Crippen LogP contribution in [0, 0.1) is 6.92 Å². The molecule has 1 atom stereocenters. The molecule has 2 saturated heterocycles. The Morgan fingerprint density at radius 2 is 1.94 bits per heavy atom. The number of nitrogens with zero attached hydrogens (tertiary/aromatic N) is 4. The average molecular weight is 444 g/mol. The number of aryl methyl sites for hydroxylation is 1. The smallest absolute Gasteiger partial charge is 0.349 e. The van der Waals surface area contributed by atoms with Crippen molar-refractivity contribution in [2.75, 3.05) is 44.2 Å². The number of carboxylic acid groups (broad SMARTS) is 1. The Morgan fingerprint density at radius 3 is 2.50 bits per heavy atom. The van der Waals surface area contributed by atoms with E-state index >= 15 is 0 Å². The molecule has 172 valence electrons. The van der Waals surface area contributed by atoms with Crippen LogP contribution in [0.15, 0.2) is 33.9 Å². The second-order valence-corrected chi connectivity index (χ2v) is 7.90. The summed E-state index contributed by atoms with van der Waals surface area (Å²) in [7, 11) is 0. The summed E-state index contributed by atoms with van der Waals surface area (Å²) in [4.78, 5) is 46.8. The van der Waals surface area contributed by atoms with Crippen molar-refractivity contribution in [3.63, 3.8) is 0 Å². The largest absolute Gasteiger partial charge is 0.481 e. The summed E-state index contributed by atoms with van der Waals surface area (Å²) in [5, 5.41) is 10.7. The molecule has 0 saturated carbocycles. The maximum Gasteiger partial charge on any atom is 0.349 e. The van der Waals surface area contributed by atoms with Gasteiger partial charge in [0.15, 0.2) is 0 Å². The van der Waals surface area contributed by atoms with Crippen LogP contribution >= 0.6 is 0 Å². The molecule has 2 aliphatic rings. The van der Waals surface area contributed by atoms with Crippen LogP contribution in [0.25, 0.3) is 0 Å². The molecule has 2 aliphatic heterocycles. The van der Waals surface area contributed by atoms with Crippen molar-refractivity contribution < 1.29 is 19.1 Å². The lowest BCUT2D eigenvalue weighted by molar-refractivity contribution is -0.134. The Labute approximate surface area is 186 Å². The highest BCUT2D eigenvalue weighted by Gasteiger charge is 2.28. The van der Waals surface area contributed by atoms with Crippen LogP contribution < -0.4 is 15.8 Å². The summed E-state index contributed by atoms with van der Waals surface area (Å²) in [6.45, 7) is 7.07. The van der Waals surface area contributed by atoms with Crippen LogP contribution in [0.2, 0.25) is 0 Å². The van der Waals surface area contributed by atoms with Crippen molar-refractivity contribution >= 4 is 17.7 Å². The van der Waals surface area contributed by atoms with Crippen molar-refractivity contribution in [1.29, 1.82) is 0 Å². The van der Waals surface area contributed by atoms with E-state index in [-0.39, 0.29) is 17.4 Å². The Hall–Kier alpha value is -3.27. The molecular formula is C22H29N5O5. The fourth-order valence-electron chi connectivity index (χ4n) is 3.94. The number of carbonyl (C=O) groups is 2. The number of anilines is 1. The lowest BCUT2D eigenvalue weighted by atomic mass is 9.95. The third-order valence-electron chi connectivity index (χ3n) is 5.52. The second-order valence-electron chi connectivity index (χ2n) is 7.90. The third kappa shape index (κ3) is 5.91. The van der Waals surface area contributed by atoms with Crippen LogP contribution in [0.3, 0.4) is 0 Å². The number of rotatable bonds is 3. The van der Waals surface area contributed by atoms with Crippen LogP contribution in [0.4, 0.5) is 5.82 Å². The Bertz CT molecular complexity index is 976. The summed E-state index contributed by atoms with van der Waals surface area (Å²) in [5.41, 5.74) is 0.320. The Morgan fingerprint density at radius 1 is 1.22 bits per heavy atom. The highest BCUT2D eigenvalue weighted by atomic mass is 16.4. The molecule has 2 aromatic heterocycles. The molecule has 32 heavy (non-hydrogen) atoms. The maximum atomic E-state index is 13.0. The molecule has 1 amide bonds. The van der Waals surface area contributed by atoms with Gasteiger partial charge >= 0.3 is 5.63 Å². The van der Waals surface area contributed by atoms with Crippen molar-refractivity contribution in [2.45, 2.75) is 32.6 Å². The minimum Gasteiger partial charge on any atom is -0.481 e. The van der Waals surface area contributed by atoms with E-state index in [9.17, 15) is 9.59 Å². The van der Waals surface area contributed by atoms with Crippen molar-refractivity contribution in [1.82, 2.24) is 20.2 Å². The number of carboxylic acids is 1. The number of amides is 1. The van der Waals surface area contributed by atoms with Gasteiger partial charge in [-0.15, -0.1) is 0 Å². The summed E-state index contributed by atoms with van der Waals surface area (Å²) in [5.74, 6) is 0.590. The first kappa shape index (κ1) is 23.4. The summed E-state index contributed by atoms with van der Waals surface area (Å²) in [6.07, 6.45) is 7.06. The van der Waals surface area contributed by atoms with Gasteiger partial charge < -0.3 is 24.6 Å². The van der Waals surface area contributed by atoms with Gasteiger partial charge in [-0.2, -0.15) is 0 Å². The Balaban J connectivity index is 0.000000668. The molecule has 0 spiro atoms. The molecule has 10 heteroatoms. The van der Waals surface area contributed by atoms with Gasteiger partial charge in [0.1, 0.15) is 17.1 Å². The summed E-state index contributed by atoms with van der Waals surface area (Å²) >= 11 is 0. The van der Waals surface area contributed by atoms with Gasteiger partial charge in [-0.05, 0) is 37.9 Å². The van der Waals surface area contributed by atoms with Gasteiger partial charge in [-0.3, -0.25) is 14.6 Å². The van der Waals surface area contributed by atoms with E-state index in [1.165, 1.54) is 0 Å². The van der Waals surface area contributed by atoms with E-state index in [2.05, 4.69) is 20.2 Å². The normalized spacial score (nSPS) is 18.5. The molecule has 2 N–H and O–H groups in total. The number of piperazine rings is 1. The van der Waals surface area contributed by atoms with Crippen molar-refractivity contribution in [2.24, 2.45) is 0 Å². The molecule has 0 aromatic carbocycles. The molecule has 0 radical (unpaired) electrons. The highest BCUT2D eigenvalue weighted by molar-refractivity contribution is 5.95. The molecule has 1 unspecified atom stereocenters. The topological polar surface area (TPSA) is 129 Å². The highest BCUT2D eigenvalue weighted by Crippen LogP contribution is 2.24. The predicted molar refractivity (Wildman–Crippen MR) is 118 cm³/mol. The van der Waals surface area contributed by atoms with Crippen LogP contribution in [-0.2, 0) is 4.79 Å². The average Bonchev–Trinajstić information content (AvgIpc) is 2.79. The predicted octanol–water partition coefficient (Wildman–Crippen LogP) is 1.26. The SMILES string of the molecule is CC(=O)O.Cc1cc(C2CCCNC2)oc(=O)c1C(=O)N1CCN(c2cnccn2)CC1. The molecule has 4 heterocycles. The molecule has 2 fully saturated rings. The van der Waals surface area contributed by atoms with E-state index in [1.54, 1.807) is 23.5 Å². The molecular weight excluding hydrogens is 414 g/mol. The third-order valence-corrected chi connectivity index (χ3v) is 5.52. The number of hydrogen-bond donors (Lipinski definition) is 2. The van der Waals surface area contributed by atoms with Gasteiger partial charge in [-0.25, -0.2) is 9.78 Å². The lowest BCUT2D eigenvalue weighted by Crippen LogP contribution is -2.50. The van der Waals surface area contributed by atoms with Crippen LogP contribution in [0.5, 0.6) is 0 Å². The van der Waals surface area contributed by atoms with E-state index in [0.717, 1.165) is 38.7 Å². The monoisotopic (exact) mass is 443 g/mol. The number of nitrogens with one attached hydrogen (secondary N) is 1. The number of aromatic nitrogens is 2. The first-order chi connectivity index (χ1) is 15.4. The van der Waals surface area contributed by atoms with Gasteiger partial charge in [0.05, 0.1) is 6.20 Å². The van der Waals surface area contributed by atoms with Crippen LogP contribution in [0.1, 0.15) is 47.4 Å². The van der Waals surface area contributed by atoms with Crippen molar-refractivity contribution in [3.05, 3.63) is 52.0 Å². The molecule has 0 aliphatic carbocycles. The number of carbonyl (C=O) groups excluding carboxylic acids is 1. The Kier molecular flexibility index (Phi) is 7.93. The summed E-state index contributed by atoms with van der Waals surface area (Å²) in [6, 6.07) is 1.86. The van der Waals surface area contributed by atoms with Crippen LogP contribution in [-0.4, -0.2) is 71.1 Å². The fourth-order valence-corrected chi connectivity index (χ4v) is 3.94. The minimum absolute atomic E-state index is 0.153. The fraction of sp³-hybridized carbons (Fsp3) is 0.500. The zero-order chi connectivity index (χ0) is 23.1. The second kappa shape index (κ2) is 10.9. The number of aliphatic carboxylic acids is 1. The zero-order valence-corrected chi connectivity index (χ0v) is 18.4. The standard InChI is InChI=1S/C20H25N5O3.C2H4O2/c1-14-11-16(15-3-2-4-21-12-15)28-20(27)18(14)19(26)25-9-7-24(8-10-25)17-13-22-5-6-23-17;1-2(3)4/h5-6,11,13,15,21H,2-4,7-10,12H2,1H3;1H3,(H,3,4). The lowest BCUT2D eigenvalue weighted by Gasteiger charge is -2.35. The van der Waals surface area contributed by atoms with Gasteiger partial charge in [-0.1, -0.05) is 0 Å². The van der Waals surface area contributed by atoms with E-state index in [1.807, 2.05) is 13.0 Å².